The first kappa shape index (κ1) is 16.4. The van der Waals surface area contributed by atoms with E-state index >= 15 is 0 Å². The highest BCUT2D eigenvalue weighted by atomic mass is 16.1. The number of nitrogens with one attached hydrogen (secondary N) is 1. The molecule has 5 heteroatoms. The van der Waals surface area contributed by atoms with Crippen LogP contribution in [0.3, 0.4) is 0 Å². The molecule has 2 aromatic rings. The fraction of sp³-hybridized carbons (Fsp3) is 0.421. The fourth-order valence-electron chi connectivity index (χ4n) is 3.07. The van der Waals surface area contributed by atoms with Crippen molar-refractivity contribution in [2.75, 3.05) is 23.3 Å². The topological polar surface area (TPSA) is 58.1 Å². The van der Waals surface area contributed by atoms with E-state index < -0.39 is 0 Å². The molecule has 0 spiro atoms. The zero-order chi connectivity index (χ0) is 17.1. The Morgan fingerprint density at radius 3 is 2.88 bits per heavy atom. The minimum atomic E-state index is -0.0391. The van der Waals surface area contributed by atoms with E-state index in [0.717, 1.165) is 47.8 Å². The monoisotopic (exact) mass is 324 g/mol. The maximum Gasteiger partial charge on any atom is 0.229 e. The molecule has 0 aliphatic carbocycles. The molecule has 1 aliphatic rings. The highest BCUT2D eigenvalue weighted by Crippen LogP contribution is 2.23. The molecule has 5 nitrogen and oxygen atoms in total. The van der Waals surface area contributed by atoms with E-state index in [0.29, 0.717) is 6.54 Å². The van der Waals surface area contributed by atoms with Crippen LogP contribution >= 0.6 is 0 Å². The standard InChI is InChI=1S/C19H24N4O/c1-13-6-7-14(2)17(11-13)22-18(24)16-5-4-10-23(12-16)19-20-9-8-15(3)21-19/h6-9,11,16H,4-5,10,12H2,1-3H3,(H,22,24)/t16-/m1/s1. The SMILES string of the molecule is Cc1ccc(C)c(NC(=O)[C@@H]2CCCN(c3nccc(C)n3)C2)c1. The number of amides is 1. The third-order valence-corrected chi connectivity index (χ3v) is 4.51. The molecule has 1 fully saturated rings. The molecular weight excluding hydrogens is 300 g/mol. The lowest BCUT2D eigenvalue weighted by molar-refractivity contribution is -0.120. The molecule has 0 unspecified atom stereocenters. The van der Waals surface area contributed by atoms with Gasteiger partial charge in [-0.2, -0.15) is 0 Å². The first-order valence-electron chi connectivity index (χ1n) is 8.45. The van der Waals surface area contributed by atoms with Gasteiger partial charge >= 0.3 is 0 Å². The van der Waals surface area contributed by atoms with Crippen LogP contribution in [0.15, 0.2) is 30.5 Å². The zero-order valence-electron chi connectivity index (χ0n) is 14.5. The van der Waals surface area contributed by atoms with E-state index in [1.54, 1.807) is 6.20 Å². The Labute approximate surface area is 143 Å². The van der Waals surface area contributed by atoms with Crippen LogP contribution < -0.4 is 10.2 Å². The third kappa shape index (κ3) is 3.72. The van der Waals surface area contributed by atoms with E-state index in [2.05, 4.69) is 26.3 Å². The van der Waals surface area contributed by atoms with Gasteiger partial charge in [0.1, 0.15) is 0 Å². The normalized spacial score (nSPS) is 17.6. The van der Waals surface area contributed by atoms with Crippen molar-refractivity contribution >= 4 is 17.5 Å². The number of carbonyl (C=O) groups is 1. The Hall–Kier alpha value is -2.43. The summed E-state index contributed by atoms with van der Waals surface area (Å²) in [5, 5.41) is 3.10. The van der Waals surface area contributed by atoms with Crippen LogP contribution in [0.25, 0.3) is 0 Å². The highest BCUT2D eigenvalue weighted by molar-refractivity contribution is 5.93. The van der Waals surface area contributed by atoms with Crippen molar-refractivity contribution in [3.63, 3.8) is 0 Å². The summed E-state index contributed by atoms with van der Waals surface area (Å²) >= 11 is 0. The Bertz CT molecular complexity index is 744. The van der Waals surface area contributed by atoms with Gasteiger partial charge in [-0.05, 0) is 56.9 Å². The molecule has 0 bridgehead atoms. The quantitative estimate of drug-likeness (QED) is 0.941. The van der Waals surface area contributed by atoms with E-state index in [1.807, 2.05) is 39.0 Å². The van der Waals surface area contributed by atoms with Crippen molar-refractivity contribution in [3.05, 3.63) is 47.3 Å². The highest BCUT2D eigenvalue weighted by Gasteiger charge is 2.27. The predicted octanol–water partition coefficient (Wildman–Crippen LogP) is 3.26. The van der Waals surface area contributed by atoms with Crippen molar-refractivity contribution < 1.29 is 4.79 Å². The minimum Gasteiger partial charge on any atom is -0.340 e. The summed E-state index contributed by atoms with van der Waals surface area (Å²) < 4.78 is 0. The lowest BCUT2D eigenvalue weighted by Gasteiger charge is -2.32. The van der Waals surface area contributed by atoms with Crippen LogP contribution in [-0.2, 0) is 4.79 Å². The number of benzene rings is 1. The Balaban J connectivity index is 1.70. The molecule has 1 N–H and O–H groups in total. The van der Waals surface area contributed by atoms with Gasteiger partial charge in [0.2, 0.25) is 11.9 Å². The molecular formula is C19H24N4O. The second-order valence-electron chi connectivity index (χ2n) is 6.59. The van der Waals surface area contributed by atoms with Gasteiger partial charge in [0.05, 0.1) is 5.92 Å². The molecule has 126 valence electrons. The van der Waals surface area contributed by atoms with Crippen molar-refractivity contribution in [3.8, 4) is 0 Å². The Morgan fingerprint density at radius 2 is 2.08 bits per heavy atom. The van der Waals surface area contributed by atoms with Gasteiger partial charge in [-0.25, -0.2) is 9.97 Å². The number of hydrogen-bond donors (Lipinski definition) is 1. The van der Waals surface area contributed by atoms with Crippen LogP contribution in [0.1, 0.15) is 29.7 Å². The van der Waals surface area contributed by atoms with Crippen LogP contribution in [0, 0.1) is 26.7 Å². The number of aryl methyl sites for hydroxylation is 3. The molecule has 3 rings (SSSR count). The van der Waals surface area contributed by atoms with E-state index in [-0.39, 0.29) is 11.8 Å². The summed E-state index contributed by atoms with van der Waals surface area (Å²) in [4.78, 5) is 23.6. The molecule has 2 heterocycles. The van der Waals surface area contributed by atoms with Crippen LogP contribution in [0.2, 0.25) is 0 Å². The molecule has 0 radical (unpaired) electrons. The molecule has 1 saturated heterocycles. The van der Waals surface area contributed by atoms with Crippen LogP contribution in [-0.4, -0.2) is 29.0 Å². The smallest absolute Gasteiger partial charge is 0.229 e. The van der Waals surface area contributed by atoms with Gasteiger partial charge in [-0.1, -0.05) is 12.1 Å². The Kier molecular flexibility index (Phi) is 4.79. The molecule has 0 saturated carbocycles. The minimum absolute atomic E-state index is 0.0391. The number of hydrogen-bond acceptors (Lipinski definition) is 4. The third-order valence-electron chi connectivity index (χ3n) is 4.51. The molecule has 1 amide bonds. The summed E-state index contributed by atoms with van der Waals surface area (Å²) in [6, 6.07) is 8.01. The average molecular weight is 324 g/mol. The number of aromatic nitrogens is 2. The van der Waals surface area contributed by atoms with Gasteiger partial charge < -0.3 is 10.2 Å². The lowest BCUT2D eigenvalue weighted by Crippen LogP contribution is -2.41. The number of carbonyl (C=O) groups excluding carboxylic acids is 1. The van der Waals surface area contributed by atoms with Gasteiger partial charge in [-0.3, -0.25) is 4.79 Å². The molecule has 1 aliphatic heterocycles. The number of anilines is 2. The van der Waals surface area contributed by atoms with Gasteiger partial charge in [0.15, 0.2) is 0 Å². The zero-order valence-corrected chi connectivity index (χ0v) is 14.5. The summed E-state index contributed by atoms with van der Waals surface area (Å²) in [5.74, 6) is 0.767. The van der Waals surface area contributed by atoms with Crippen molar-refractivity contribution in [2.45, 2.75) is 33.6 Å². The molecule has 1 aromatic heterocycles. The van der Waals surface area contributed by atoms with Crippen molar-refractivity contribution in [1.29, 1.82) is 0 Å². The average Bonchev–Trinajstić information content (AvgIpc) is 2.58. The molecule has 1 aromatic carbocycles. The van der Waals surface area contributed by atoms with E-state index in [4.69, 9.17) is 0 Å². The van der Waals surface area contributed by atoms with Crippen molar-refractivity contribution in [2.24, 2.45) is 5.92 Å². The summed E-state index contributed by atoms with van der Waals surface area (Å²) in [6.45, 7) is 7.58. The second-order valence-corrected chi connectivity index (χ2v) is 6.59. The maximum absolute atomic E-state index is 12.7. The molecule has 1 atom stereocenters. The summed E-state index contributed by atoms with van der Waals surface area (Å²) in [7, 11) is 0. The van der Waals surface area contributed by atoms with E-state index in [1.165, 1.54) is 0 Å². The maximum atomic E-state index is 12.7. The van der Waals surface area contributed by atoms with Crippen molar-refractivity contribution in [1.82, 2.24) is 9.97 Å². The second kappa shape index (κ2) is 6.99. The van der Waals surface area contributed by atoms with Gasteiger partial charge in [0, 0.05) is 30.7 Å². The first-order valence-corrected chi connectivity index (χ1v) is 8.45. The van der Waals surface area contributed by atoms with Gasteiger partial charge in [0.25, 0.3) is 0 Å². The fourth-order valence-corrected chi connectivity index (χ4v) is 3.07. The number of nitrogens with zero attached hydrogens (tertiary/aromatic N) is 3. The predicted molar refractivity (Wildman–Crippen MR) is 96.3 cm³/mol. The van der Waals surface area contributed by atoms with Gasteiger partial charge in [-0.15, -0.1) is 0 Å². The van der Waals surface area contributed by atoms with E-state index in [9.17, 15) is 4.79 Å². The van der Waals surface area contributed by atoms with Crippen LogP contribution in [0.5, 0.6) is 0 Å². The summed E-state index contributed by atoms with van der Waals surface area (Å²) in [5.41, 5.74) is 4.09. The molecule has 24 heavy (non-hydrogen) atoms. The number of piperidine rings is 1. The van der Waals surface area contributed by atoms with Crippen LogP contribution in [0.4, 0.5) is 11.6 Å². The Morgan fingerprint density at radius 1 is 1.25 bits per heavy atom. The summed E-state index contributed by atoms with van der Waals surface area (Å²) in [6.07, 6.45) is 3.65. The lowest BCUT2D eigenvalue weighted by atomic mass is 9.97. The first-order chi connectivity index (χ1) is 11.5. The largest absolute Gasteiger partial charge is 0.340 e. The number of rotatable bonds is 3.